The Labute approximate surface area is 92.6 Å². The fourth-order valence-electron chi connectivity index (χ4n) is 2.30. The second kappa shape index (κ2) is 3.20. The summed E-state index contributed by atoms with van der Waals surface area (Å²) in [6.45, 7) is 4.31. The molecule has 1 atom stereocenters. The van der Waals surface area contributed by atoms with E-state index in [0.717, 1.165) is 17.2 Å². The smallest absolute Gasteiger partial charge is 0.128 e. The molecule has 0 saturated carbocycles. The van der Waals surface area contributed by atoms with Crippen LogP contribution in [0.2, 0.25) is 0 Å². The number of hydrogen-bond donors (Lipinski definition) is 0. The molecule has 0 bridgehead atoms. The van der Waals surface area contributed by atoms with Crippen molar-refractivity contribution in [3.63, 3.8) is 0 Å². The molecule has 1 aliphatic rings. The molecule has 0 saturated heterocycles. The van der Waals surface area contributed by atoms with Crippen molar-refractivity contribution in [2.45, 2.75) is 26.2 Å². The average molecular weight is 253 g/mol. The van der Waals surface area contributed by atoms with E-state index in [1.165, 1.54) is 11.1 Å². The summed E-state index contributed by atoms with van der Waals surface area (Å²) in [5.41, 5.74) is 2.58. The summed E-state index contributed by atoms with van der Waals surface area (Å²) in [7, 11) is 0. The van der Waals surface area contributed by atoms with Gasteiger partial charge in [-0.05, 0) is 35.1 Å². The van der Waals surface area contributed by atoms with Crippen LogP contribution in [0.25, 0.3) is 0 Å². The minimum atomic E-state index is 0.0509. The van der Waals surface area contributed by atoms with Gasteiger partial charge < -0.3 is 4.79 Å². The highest BCUT2D eigenvalue weighted by Crippen LogP contribution is 2.46. The molecule has 74 valence electrons. The fraction of sp³-hybridized carbons (Fsp3) is 0.417. The van der Waals surface area contributed by atoms with Gasteiger partial charge in [-0.15, -0.1) is 0 Å². The number of aldehydes is 1. The van der Waals surface area contributed by atoms with Crippen LogP contribution in [0.3, 0.4) is 0 Å². The molecule has 14 heavy (non-hydrogen) atoms. The highest BCUT2D eigenvalue weighted by atomic mass is 79.9. The van der Waals surface area contributed by atoms with Crippen LogP contribution in [-0.2, 0) is 11.2 Å². The van der Waals surface area contributed by atoms with E-state index >= 15 is 0 Å². The van der Waals surface area contributed by atoms with E-state index in [4.69, 9.17) is 0 Å². The highest BCUT2D eigenvalue weighted by molar-refractivity contribution is 9.10. The van der Waals surface area contributed by atoms with Gasteiger partial charge in [0.25, 0.3) is 0 Å². The average Bonchev–Trinajstić information content (AvgIpc) is 2.34. The van der Waals surface area contributed by atoms with Crippen LogP contribution in [0.5, 0.6) is 0 Å². The van der Waals surface area contributed by atoms with Crippen LogP contribution in [0, 0.1) is 5.41 Å². The first-order valence-corrected chi connectivity index (χ1v) is 5.57. The number of carbonyl (C=O) groups excluding carboxylic acids is 1. The number of fused-ring (bicyclic) bond motifs is 1. The predicted octanol–water partition coefficient (Wildman–Crippen LogP) is 3.31. The van der Waals surface area contributed by atoms with Crippen molar-refractivity contribution >= 4 is 22.2 Å². The molecule has 1 aromatic carbocycles. The van der Waals surface area contributed by atoms with Gasteiger partial charge >= 0.3 is 0 Å². The summed E-state index contributed by atoms with van der Waals surface area (Å²) in [6, 6.07) is 6.23. The third-order valence-corrected chi connectivity index (χ3v) is 3.56. The van der Waals surface area contributed by atoms with Crippen molar-refractivity contribution in [3.8, 4) is 0 Å². The zero-order valence-electron chi connectivity index (χ0n) is 8.38. The normalized spacial score (nSPS) is 23.2. The highest BCUT2D eigenvalue weighted by Gasteiger charge is 2.38. The monoisotopic (exact) mass is 252 g/mol. The summed E-state index contributed by atoms with van der Waals surface area (Å²) in [5.74, 6) is 0.0509. The maximum Gasteiger partial charge on any atom is 0.128 e. The summed E-state index contributed by atoms with van der Waals surface area (Å²) >= 11 is 3.44. The van der Waals surface area contributed by atoms with Crippen molar-refractivity contribution in [3.05, 3.63) is 33.8 Å². The summed E-state index contributed by atoms with van der Waals surface area (Å²) in [4.78, 5) is 11.1. The lowest BCUT2D eigenvalue weighted by atomic mass is 9.81. The van der Waals surface area contributed by atoms with Gasteiger partial charge in [-0.1, -0.05) is 35.8 Å². The zero-order chi connectivity index (χ0) is 10.3. The number of halogens is 1. The fourth-order valence-corrected chi connectivity index (χ4v) is 2.67. The standard InChI is InChI=1S/C12H13BrO/c1-12(2)6-8-3-4-9(13)5-10(8)11(12)7-14/h3-5,7,11H,6H2,1-2H3. The van der Waals surface area contributed by atoms with Crippen molar-refractivity contribution in [1.29, 1.82) is 0 Å². The zero-order valence-corrected chi connectivity index (χ0v) is 9.97. The predicted molar refractivity (Wildman–Crippen MR) is 60.4 cm³/mol. The molecule has 1 nitrogen and oxygen atoms in total. The van der Waals surface area contributed by atoms with Crippen molar-refractivity contribution < 1.29 is 4.79 Å². The van der Waals surface area contributed by atoms with E-state index in [2.05, 4.69) is 41.9 Å². The van der Waals surface area contributed by atoms with E-state index in [0.29, 0.717) is 0 Å². The molecule has 1 unspecified atom stereocenters. The largest absolute Gasteiger partial charge is 0.303 e. The number of rotatable bonds is 1. The minimum Gasteiger partial charge on any atom is -0.303 e. The molecule has 1 aromatic rings. The molecule has 2 rings (SSSR count). The van der Waals surface area contributed by atoms with E-state index < -0.39 is 0 Å². The lowest BCUT2D eigenvalue weighted by Crippen LogP contribution is -2.18. The first kappa shape index (κ1) is 9.91. The quantitative estimate of drug-likeness (QED) is 0.702. The van der Waals surface area contributed by atoms with E-state index in [1.54, 1.807) is 0 Å². The molecule has 0 fully saturated rings. The Bertz CT molecular complexity index is 382. The van der Waals surface area contributed by atoms with Gasteiger partial charge in [-0.2, -0.15) is 0 Å². The van der Waals surface area contributed by atoms with Gasteiger partial charge in [-0.3, -0.25) is 0 Å². The third kappa shape index (κ3) is 1.42. The molecule has 0 aliphatic heterocycles. The van der Waals surface area contributed by atoms with Crippen molar-refractivity contribution in [1.82, 2.24) is 0 Å². The Kier molecular flexibility index (Phi) is 2.26. The van der Waals surface area contributed by atoms with Gasteiger partial charge in [0.15, 0.2) is 0 Å². The molecular formula is C12H13BrO. The van der Waals surface area contributed by atoms with Crippen LogP contribution in [0.1, 0.15) is 30.9 Å². The molecule has 0 spiro atoms. The van der Waals surface area contributed by atoms with Crippen LogP contribution < -0.4 is 0 Å². The molecule has 0 heterocycles. The second-order valence-electron chi connectivity index (χ2n) is 4.62. The molecular weight excluding hydrogens is 240 g/mol. The lowest BCUT2D eigenvalue weighted by molar-refractivity contribution is -0.110. The van der Waals surface area contributed by atoms with Crippen LogP contribution in [0.4, 0.5) is 0 Å². The number of hydrogen-bond acceptors (Lipinski definition) is 1. The number of benzene rings is 1. The van der Waals surface area contributed by atoms with Crippen LogP contribution >= 0.6 is 15.9 Å². The third-order valence-electron chi connectivity index (χ3n) is 3.07. The maximum atomic E-state index is 11.1. The first-order chi connectivity index (χ1) is 6.54. The van der Waals surface area contributed by atoms with Gasteiger partial charge in [0.2, 0.25) is 0 Å². The molecule has 0 radical (unpaired) electrons. The van der Waals surface area contributed by atoms with Gasteiger partial charge in [0.05, 0.1) is 0 Å². The SMILES string of the molecule is CC1(C)Cc2ccc(Br)cc2C1C=O. The van der Waals surface area contributed by atoms with E-state index in [-0.39, 0.29) is 11.3 Å². The lowest BCUT2D eigenvalue weighted by Gasteiger charge is -2.22. The Morgan fingerprint density at radius 3 is 2.86 bits per heavy atom. The van der Waals surface area contributed by atoms with Crippen molar-refractivity contribution in [2.75, 3.05) is 0 Å². The van der Waals surface area contributed by atoms with Gasteiger partial charge in [-0.25, -0.2) is 0 Å². The molecule has 0 amide bonds. The van der Waals surface area contributed by atoms with E-state index in [9.17, 15) is 4.79 Å². The molecule has 1 aliphatic carbocycles. The van der Waals surface area contributed by atoms with Crippen LogP contribution in [0.15, 0.2) is 22.7 Å². The summed E-state index contributed by atoms with van der Waals surface area (Å²) in [5, 5.41) is 0. The van der Waals surface area contributed by atoms with Gasteiger partial charge in [0, 0.05) is 10.4 Å². The molecule has 2 heteroatoms. The summed E-state index contributed by atoms with van der Waals surface area (Å²) < 4.78 is 1.06. The summed E-state index contributed by atoms with van der Waals surface area (Å²) in [6.07, 6.45) is 2.08. The Morgan fingerprint density at radius 1 is 1.50 bits per heavy atom. The molecule has 0 N–H and O–H groups in total. The van der Waals surface area contributed by atoms with Crippen molar-refractivity contribution in [2.24, 2.45) is 5.41 Å². The van der Waals surface area contributed by atoms with Gasteiger partial charge in [0.1, 0.15) is 6.29 Å². The Hall–Kier alpha value is -0.630. The maximum absolute atomic E-state index is 11.1. The number of carbonyl (C=O) groups is 1. The van der Waals surface area contributed by atoms with Crippen LogP contribution in [-0.4, -0.2) is 6.29 Å². The molecule has 0 aromatic heterocycles. The Morgan fingerprint density at radius 2 is 2.21 bits per heavy atom. The minimum absolute atomic E-state index is 0.0509. The Balaban J connectivity index is 2.54. The topological polar surface area (TPSA) is 17.1 Å². The van der Waals surface area contributed by atoms with E-state index in [1.807, 2.05) is 6.07 Å². The second-order valence-corrected chi connectivity index (χ2v) is 5.54. The first-order valence-electron chi connectivity index (χ1n) is 4.78.